The Morgan fingerprint density at radius 2 is 2.20 bits per heavy atom. The van der Waals surface area contributed by atoms with Crippen molar-refractivity contribution in [2.45, 2.75) is 38.6 Å². The van der Waals surface area contributed by atoms with Crippen LogP contribution in [0.4, 0.5) is 0 Å². The molecule has 1 saturated heterocycles. The molecule has 1 aliphatic rings. The number of benzene rings is 1. The number of likely N-dealkylation sites (tertiary alicyclic amines) is 1. The average molecular weight is 267 g/mol. The number of piperidine rings is 1. The highest BCUT2D eigenvalue weighted by Crippen LogP contribution is 2.36. The molecule has 1 fully saturated rings. The predicted octanol–water partition coefficient (Wildman–Crippen LogP) is 4.04. The van der Waals surface area contributed by atoms with Crippen LogP contribution < -0.4 is 0 Å². The maximum Gasteiger partial charge on any atom is 0.0991 e. The van der Waals surface area contributed by atoms with Gasteiger partial charge in [-0.3, -0.25) is 4.99 Å². The van der Waals surface area contributed by atoms with Crippen molar-refractivity contribution in [3.05, 3.63) is 47.3 Å². The van der Waals surface area contributed by atoms with Crippen LogP contribution in [0.2, 0.25) is 0 Å². The van der Waals surface area contributed by atoms with Crippen LogP contribution in [0, 0.1) is 11.3 Å². The highest BCUT2D eigenvalue weighted by Gasteiger charge is 2.25. The van der Waals surface area contributed by atoms with E-state index in [4.69, 9.17) is 5.26 Å². The van der Waals surface area contributed by atoms with Crippen LogP contribution >= 0.6 is 0 Å². The van der Waals surface area contributed by atoms with E-state index in [-0.39, 0.29) is 0 Å². The second-order valence-corrected chi connectivity index (χ2v) is 5.14. The second-order valence-electron chi connectivity index (χ2n) is 5.14. The Morgan fingerprint density at radius 3 is 2.80 bits per heavy atom. The third kappa shape index (κ3) is 3.08. The summed E-state index contributed by atoms with van der Waals surface area (Å²) in [5.41, 5.74) is 3.28. The lowest BCUT2D eigenvalue weighted by Gasteiger charge is -2.39. The van der Waals surface area contributed by atoms with Gasteiger partial charge in [0.25, 0.3) is 0 Å². The lowest BCUT2D eigenvalue weighted by molar-refractivity contribution is 0.200. The van der Waals surface area contributed by atoms with Crippen molar-refractivity contribution in [2.75, 3.05) is 6.54 Å². The fraction of sp³-hybridized carbons (Fsp3) is 0.412. The lowest BCUT2D eigenvalue weighted by Crippen LogP contribution is -2.32. The van der Waals surface area contributed by atoms with Crippen LogP contribution in [0.5, 0.6) is 0 Å². The quantitative estimate of drug-likeness (QED) is 0.772. The van der Waals surface area contributed by atoms with Crippen molar-refractivity contribution in [3.63, 3.8) is 0 Å². The first-order valence-corrected chi connectivity index (χ1v) is 7.21. The standard InChI is InChI=1S/C17H21N3/c1-3-11-20-16(13-19-2)5-4-6-17(20)15-9-7-14(12-18)8-10-15/h7-10,13,17H,2-6,11H2,1H3/b16-13-. The van der Waals surface area contributed by atoms with Gasteiger partial charge in [-0.2, -0.15) is 5.26 Å². The molecular weight excluding hydrogens is 246 g/mol. The summed E-state index contributed by atoms with van der Waals surface area (Å²) in [5.74, 6) is 0. The summed E-state index contributed by atoms with van der Waals surface area (Å²) in [7, 11) is 0. The van der Waals surface area contributed by atoms with Gasteiger partial charge in [0.15, 0.2) is 0 Å². The summed E-state index contributed by atoms with van der Waals surface area (Å²) in [4.78, 5) is 6.39. The zero-order chi connectivity index (χ0) is 14.4. The van der Waals surface area contributed by atoms with E-state index in [1.807, 2.05) is 18.3 Å². The summed E-state index contributed by atoms with van der Waals surface area (Å²) < 4.78 is 0. The third-order valence-electron chi connectivity index (χ3n) is 3.78. The van der Waals surface area contributed by atoms with Gasteiger partial charge in [0.1, 0.15) is 0 Å². The molecule has 0 bridgehead atoms. The first-order valence-electron chi connectivity index (χ1n) is 7.21. The monoisotopic (exact) mass is 267 g/mol. The van der Waals surface area contributed by atoms with E-state index in [0.717, 1.165) is 31.4 Å². The van der Waals surface area contributed by atoms with Crippen molar-refractivity contribution >= 4 is 6.72 Å². The van der Waals surface area contributed by atoms with Crippen molar-refractivity contribution in [1.82, 2.24) is 4.90 Å². The molecule has 1 unspecified atom stereocenters. The van der Waals surface area contributed by atoms with Gasteiger partial charge < -0.3 is 4.90 Å². The molecule has 1 aliphatic heterocycles. The van der Waals surface area contributed by atoms with E-state index in [0.29, 0.717) is 6.04 Å². The minimum atomic E-state index is 0.393. The van der Waals surface area contributed by atoms with E-state index >= 15 is 0 Å². The zero-order valence-corrected chi connectivity index (χ0v) is 12.0. The molecule has 3 nitrogen and oxygen atoms in total. The molecule has 104 valence electrons. The minimum absolute atomic E-state index is 0.393. The van der Waals surface area contributed by atoms with E-state index in [1.165, 1.54) is 17.7 Å². The molecule has 0 N–H and O–H groups in total. The van der Waals surface area contributed by atoms with Gasteiger partial charge >= 0.3 is 0 Å². The predicted molar refractivity (Wildman–Crippen MR) is 82.4 cm³/mol. The average Bonchev–Trinajstić information content (AvgIpc) is 2.49. The van der Waals surface area contributed by atoms with Gasteiger partial charge in [-0.05, 0) is 50.1 Å². The van der Waals surface area contributed by atoms with Crippen molar-refractivity contribution in [3.8, 4) is 6.07 Å². The molecule has 0 spiro atoms. The summed E-state index contributed by atoms with van der Waals surface area (Å²) >= 11 is 0. The Kier molecular flexibility index (Phi) is 4.95. The van der Waals surface area contributed by atoms with Gasteiger partial charge in [-0.25, -0.2) is 0 Å². The van der Waals surface area contributed by atoms with Crippen LogP contribution in [-0.4, -0.2) is 18.2 Å². The number of allylic oxidation sites excluding steroid dienone is 1. The Labute approximate surface area is 121 Å². The highest BCUT2D eigenvalue weighted by atomic mass is 15.2. The smallest absolute Gasteiger partial charge is 0.0991 e. The van der Waals surface area contributed by atoms with Crippen LogP contribution in [0.3, 0.4) is 0 Å². The van der Waals surface area contributed by atoms with Gasteiger partial charge in [0.05, 0.1) is 17.7 Å². The third-order valence-corrected chi connectivity index (χ3v) is 3.78. The molecule has 0 aromatic heterocycles. The number of aliphatic imine (C=N–C) groups is 1. The number of rotatable bonds is 4. The van der Waals surface area contributed by atoms with E-state index in [1.54, 1.807) is 0 Å². The maximum atomic E-state index is 8.90. The van der Waals surface area contributed by atoms with Gasteiger partial charge in [0.2, 0.25) is 0 Å². The largest absolute Gasteiger partial charge is 0.367 e. The maximum absolute atomic E-state index is 8.90. The zero-order valence-electron chi connectivity index (χ0n) is 12.0. The molecule has 1 aromatic rings. The molecule has 1 heterocycles. The van der Waals surface area contributed by atoms with E-state index in [9.17, 15) is 0 Å². The molecular formula is C17H21N3. The molecule has 3 heteroatoms. The molecule has 1 atom stereocenters. The Morgan fingerprint density at radius 1 is 1.45 bits per heavy atom. The van der Waals surface area contributed by atoms with Crippen LogP contribution in [0.15, 0.2) is 41.2 Å². The highest BCUT2D eigenvalue weighted by molar-refractivity contribution is 5.34. The topological polar surface area (TPSA) is 39.4 Å². The molecule has 1 aromatic carbocycles. The summed E-state index contributed by atoms with van der Waals surface area (Å²) in [6.07, 6.45) is 6.41. The van der Waals surface area contributed by atoms with Crippen LogP contribution in [0.1, 0.15) is 49.8 Å². The summed E-state index contributed by atoms with van der Waals surface area (Å²) in [6.45, 7) is 6.81. The van der Waals surface area contributed by atoms with Crippen molar-refractivity contribution < 1.29 is 0 Å². The van der Waals surface area contributed by atoms with Crippen molar-refractivity contribution in [2.24, 2.45) is 4.99 Å². The van der Waals surface area contributed by atoms with E-state index in [2.05, 4.69) is 41.7 Å². The molecule has 20 heavy (non-hydrogen) atoms. The first kappa shape index (κ1) is 14.3. The van der Waals surface area contributed by atoms with Crippen LogP contribution in [-0.2, 0) is 0 Å². The minimum Gasteiger partial charge on any atom is -0.367 e. The molecule has 0 radical (unpaired) electrons. The number of hydrogen-bond donors (Lipinski definition) is 0. The fourth-order valence-corrected chi connectivity index (χ4v) is 2.89. The molecule has 0 amide bonds. The lowest BCUT2D eigenvalue weighted by atomic mass is 9.93. The van der Waals surface area contributed by atoms with E-state index < -0.39 is 0 Å². The fourth-order valence-electron chi connectivity index (χ4n) is 2.89. The van der Waals surface area contributed by atoms with Gasteiger partial charge in [0, 0.05) is 18.4 Å². The summed E-state index contributed by atoms with van der Waals surface area (Å²) in [6, 6.07) is 10.5. The number of hydrogen-bond acceptors (Lipinski definition) is 3. The Bertz CT molecular complexity index is 522. The SMILES string of the molecule is C=N/C=C1/CCCC(c2ccc(C#N)cc2)N1CCC. The van der Waals surface area contributed by atoms with Gasteiger partial charge in [-0.1, -0.05) is 19.1 Å². The number of nitrogens with zero attached hydrogens (tertiary/aromatic N) is 3. The molecule has 2 rings (SSSR count). The normalized spacial score (nSPS) is 20.7. The van der Waals surface area contributed by atoms with Crippen molar-refractivity contribution in [1.29, 1.82) is 5.26 Å². The summed E-state index contributed by atoms with van der Waals surface area (Å²) in [5, 5.41) is 8.90. The van der Waals surface area contributed by atoms with Crippen LogP contribution in [0.25, 0.3) is 0 Å². The Hall–Kier alpha value is -2.08. The van der Waals surface area contributed by atoms with Gasteiger partial charge in [-0.15, -0.1) is 0 Å². The Balaban J connectivity index is 2.28. The molecule has 0 aliphatic carbocycles. The first-order chi connectivity index (χ1) is 9.80. The second kappa shape index (κ2) is 6.91. The molecule has 0 saturated carbocycles. The number of nitriles is 1.